The van der Waals surface area contributed by atoms with Gasteiger partial charge >= 0.3 is 0 Å². The van der Waals surface area contributed by atoms with Crippen molar-refractivity contribution in [3.05, 3.63) is 88.0 Å². The van der Waals surface area contributed by atoms with E-state index in [9.17, 15) is 17.6 Å². The van der Waals surface area contributed by atoms with Gasteiger partial charge in [-0.2, -0.15) is 0 Å². The van der Waals surface area contributed by atoms with E-state index >= 15 is 0 Å². The summed E-state index contributed by atoms with van der Waals surface area (Å²) >= 11 is 4.61. The van der Waals surface area contributed by atoms with Crippen LogP contribution < -0.4 is 14.9 Å². The van der Waals surface area contributed by atoms with Crippen LogP contribution in [0.25, 0.3) is 11.3 Å². The van der Waals surface area contributed by atoms with Crippen molar-refractivity contribution in [3.63, 3.8) is 0 Å². The fraction of sp³-hybridized carbons (Fsp3) is 0.0833. The normalized spacial score (nSPS) is 11.2. The summed E-state index contributed by atoms with van der Waals surface area (Å²) in [5.41, 5.74) is 2.01. The first kappa shape index (κ1) is 24.8. The lowest BCUT2D eigenvalue weighted by Crippen LogP contribution is -2.19. The molecule has 0 spiro atoms. The van der Waals surface area contributed by atoms with Crippen LogP contribution in [0.15, 0.2) is 81.5 Å². The number of nitrogens with zero attached hydrogens (tertiary/aromatic N) is 2. The van der Waals surface area contributed by atoms with Gasteiger partial charge < -0.3 is 4.90 Å². The SMILES string of the molecule is CN(C)c1cccc(S(=O)(=O)Nc2cc(F)ccc2C(=O)Nc2nc(-c3ccc(Br)cc3)cs2)c1. The molecule has 0 atom stereocenters. The minimum Gasteiger partial charge on any atom is -0.378 e. The Morgan fingerprint density at radius 2 is 1.80 bits per heavy atom. The van der Waals surface area contributed by atoms with Crippen LogP contribution in [0.5, 0.6) is 0 Å². The molecule has 0 aliphatic heterocycles. The van der Waals surface area contributed by atoms with Gasteiger partial charge in [0, 0.05) is 35.2 Å². The second-order valence-corrected chi connectivity index (χ2v) is 11.1. The Morgan fingerprint density at radius 3 is 2.51 bits per heavy atom. The number of nitrogens with one attached hydrogen (secondary N) is 2. The monoisotopic (exact) mass is 574 g/mol. The van der Waals surface area contributed by atoms with Gasteiger partial charge in [-0.05, 0) is 48.5 Å². The quantitative estimate of drug-likeness (QED) is 0.290. The van der Waals surface area contributed by atoms with E-state index in [4.69, 9.17) is 0 Å². The van der Waals surface area contributed by atoms with Gasteiger partial charge in [0.05, 0.1) is 21.8 Å². The first-order valence-corrected chi connectivity index (χ1v) is 13.4. The van der Waals surface area contributed by atoms with Crippen LogP contribution >= 0.6 is 27.3 Å². The van der Waals surface area contributed by atoms with Crippen molar-refractivity contribution >= 4 is 59.7 Å². The van der Waals surface area contributed by atoms with Gasteiger partial charge in [0.1, 0.15) is 5.82 Å². The molecular formula is C24H20BrFN4O3S2. The van der Waals surface area contributed by atoms with E-state index in [1.807, 2.05) is 24.3 Å². The standard InChI is InChI=1S/C24H20BrFN4O3S2/c1-30(2)18-4-3-5-19(13-18)35(32,33)29-21-12-17(26)10-11-20(21)23(31)28-24-27-22(14-34-24)15-6-8-16(25)9-7-15/h3-14,29H,1-2H3,(H,27,28,31). The Labute approximate surface area is 214 Å². The highest BCUT2D eigenvalue weighted by molar-refractivity contribution is 9.10. The molecule has 180 valence electrons. The van der Waals surface area contributed by atoms with Crippen LogP contribution in [0.4, 0.5) is 20.9 Å². The fourth-order valence-electron chi connectivity index (χ4n) is 3.18. The summed E-state index contributed by atoms with van der Waals surface area (Å²) in [5.74, 6) is -1.31. The van der Waals surface area contributed by atoms with Crippen LogP contribution in [-0.2, 0) is 10.0 Å². The van der Waals surface area contributed by atoms with Crippen LogP contribution in [0, 0.1) is 5.82 Å². The smallest absolute Gasteiger partial charge is 0.261 e. The summed E-state index contributed by atoms with van der Waals surface area (Å²) in [6.07, 6.45) is 0. The van der Waals surface area contributed by atoms with Crippen LogP contribution in [0.3, 0.4) is 0 Å². The molecule has 4 rings (SSSR count). The van der Waals surface area contributed by atoms with Crippen molar-refractivity contribution in [2.24, 2.45) is 0 Å². The first-order chi connectivity index (χ1) is 16.6. The number of anilines is 3. The summed E-state index contributed by atoms with van der Waals surface area (Å²) in [4.78, 5) is 19.2. The third-order valence-electron chi connectivity index (χ3n) is 4.98. The van der Waals surface area contributed by atoms with Gasteiger partial charge in [-0.15, -0.1) is 11.3 Å². The number of carbonyl (C=O) groups excluding carboxylic acids is 1. The molecule has 0 aliphatic carbocycles. The zero-order valence-electron chi connectivity index (χ0n) is 18.6. The second-order valence-electron chi connectivity index (χ2n) is 7.69. The predicted molar refractivity (Wildman–Crippen MR) is 141 cm³/mol. The highest BCUT2D eigenvalue weighted by Gasteiger charge is 2.21. The molecule has 4 aromatic rings. The Balaban J connectivity index is 1.58. The van der Waals surface area contributed by atoms with E-state index in [1.54, 1.807) is 36.5 Å². The summed E-state index contributed by atoms with van der Waals surface area (Å²) in [7, 11) is -0.517. The zero-order chi connectivity index (χ0) is 25.2. The zero-order valence-corrected chi connectivity index (χ0v) is 21.8. The second kappa shape index (κ2) is 10.1. The average molecular weight is 575 g/mol. The van der Waals surface area contributed by atoms with Crippen LogP contribution in [0.1, 0.15) is 10.4 Å². The molecule has 11 heteroatoms. The van der Waals surface area contributed by atoms with Crippen molar-refractivity contribution in [1.82, 2.24) is 4.98 Å². The Kier molecular flexibility index (Phi) is 7.20. The number of rotatable bonds is 7. The Morgan fingerprint density at radius 1 is 1.06 bits per heavy atom. The molecule has 3 aromatic carbocycles. The van der Waals surface area contributed by atoms with Gasteiger partial charge in [0.2, 0.25) is 0 Å². The van der Waals surface area contributed by atoms with E-state index in [0.717, 1.165) is 22.2 Å². The van der Waals surface area contributed by atoms with Crippen molar-refractivity contribution in [1.29, 1.82) is 0 Å². The largest absolute Gasteiger partial charge is 0.378 e. The highest BCUT2D eigenvalue weighted by atomic mass is 79.9. The molecule has 0 bridgehead atoms. The number of thiazole rings is 1. The van der Waals surface area contributed by atoms with E-state index in [1.165, 1.54) is 29.5 Å². The van der Waals surface area contributed by atoms with E-state index in [2.05, 4.69) is 31.0 Å². The van der Waals surface area contributed by atoms with E-state index < -0.39 is 21.7 Å². The van der Waals surface area contributed by atoms with Gasteiger partial charge in [0.25, 0.3) is 15.9 Å². The van der Waals surface area contributed by atoms with Gasteiger partial charge in [-0.3, -0.25) is 14.8 Å². The number of hydrogen-bond acceptors (Lipinski definition) is 6. The van der Waals surface area contributed by atoms with Gasteiger partial charge in [-0.1, -0.05) is 34.1 Å². The molecule has 1 amide bonds. The van der Waals surface area contributed by atoms with Crippen molar-refractivity contribution in [3.8, 4) is 11.3 Å². The summed E-state index contributed by atoms with van der Waals surface area (Å²) in [6, 6.07) is 17.1. The molecule has 1 aromatic heterocycles. The molecule has 2 N–H and O–H groups in total. The lowest BCUT2D eigenvalue weighted by atomic mass is 10.1. The lowest BCUT2D eigenvalue weighted by Gasteiger charge is -2.15. The average Bonchev–Trinajstić information content (AvgIpc) is 3.27. The van der Waals surface area contributed by atoms with Gasteiger partial charge in [-0.25, -0.2) is 17.8 Å². The minimum absolute atomic E-state index is 0.0154. The Bertz CT molecular complexity index is 1490. The molecule has 35 heavy (non-hydrogen) atoms. The van der Waals surface area contributed by atoms with Crippen molar-refractivity contribution in [2.45, 2.75) is 4.90 Å². The lowest BCUT2D eigenvalue weighted by molar-refractivity contribution is 0.102. The maximum atomic E-state index is 14.0. The summed E-state index contributed by atoms with van der Waals surface area (Å²) < 4.78 is 43.3. The number of hydrogen-bond donors (Lipinski definition) is 2. The van der Waals surface area contributed by atoms with Crippen LogP contribution in [-0.4, -0.2) is 33.4 Å². The molecule has 0 aliphatic rings. The summed E-state index contributed by atoms with van der Waals surface area (Å²) in [6.45, 7) is 0. The molecule has 1 heterocycles. The number of amides is 1. The molecule has 0 saturated heterocycles. The predicted octanol–water partition coefficient (Wildman–Crippen LogP) is 5.83. The third-order valence-corrected chi connectivity index (χ3v) is 7.63. The third kappa shape index (κ3) is 5.87. The van der Waals surface area contributed by atoms with Crippen molar-refractivity contribution < 1.29 is 17.6 Å². The number of carbonyl (C=O) groups is 1. The molecule has 0 radical (unpaired) electrons. The maximum Gasteiger partial charge on any atom is 0.261 e. The highest BCUT2D eigenvalue weighted by Crippen LogP contribution is 2.28. The molecule has 7 nitrogen and oxygen atoms in total. The first-order valence-electron chi connectivity index (χ1n) is 10.2. The minimum atomic E-state index is -4.09. The Hall–Kier alpha value is -3.28. The molecule has 0 fully saturated rings. The van der Waals surface area contributed by atoms with E-state index in [-0.39, 0.29) is 16.1 Å². The van der Waals surface area contributed by atoms with Gasteiger partial charge in [0.15, 0.2) is 5.13 Å². The van der Waals surface area contributed by atoms with E-state index in [0.29, 0.717) is 16.5 Å². The molecular weight excluding hydrogens is 555 g/mol. The van der Waals surface area contributed by atoms with Crippen molar-refractivity contribution in [2.75, 3.05) is 29.0 Å². The fourth-order valence-corrected chi connectivity index (χ4v) is 5.27. The number of aromatic nitrogens is 1. The number of halogens is 2. The van der Waals surface area contributed by atoms with Crippen LogP contribution in [0.2, 0.25) is 0 Å². The number of sulfonamides is 1. The topological polar surface area (TPSA) is 91.4 Å². The molecule has 0 unspecified atom stereocenters. The summed E-state index contributed by atoms with van der Waals surface area (Å²) in [5, 5.41) is 4.78. The maximum absolute atomic E-state index is 14.0. The molecule has 0 saturated carbocycles. The number of benzene rings is 3.